The molecule has 94 valence electrons. The topological polar surface area (TPSA) is 26.7 Å². The van der Waals surface area contributed by atoms with E-state index < -0.39 is 0 Å². The Hall–Kier alpha value is -0.120. The maximum absolute atomic E-state index is 9.54. The van der Waals surface area contributed by atoms with Crippen LogP contribution in [0.25, 0.3) is 0 Å². The number of rotatable bonds is 4. The zero-order chi connectivity index (χ0) is 11.2. The molecule has 0 radical (unpaired) electrons. The largest absolute Gasteiger partial charge is 0.395 e. The summed E-state index contributed by atoms with van der Waals surface area (Å²) in [7, 11) is 0. The molecule has 2 heterocycles. The molecule has 2 aliphatic rings. The minimum Gasteiger partial charge on any atom is -0.395 e. The third-order valence-corrected chi connectivity index (χ3v) is 4.04. The Labute approximate surface area is 99.4 Å². The first-order chi connectivity index (χ1) is 7.90. The molecule has 0 amide bonds. The molecule has 1 atom stereocenters. The van der Waals surface area contributed by atoms with Gasteiger partial charge in [-0.25, -0.2) is 0 Å². The molecule has 0 aromatic rings. The lowest BCUT2D eigenvalue weighted by Crippen LogP contribution is -2.49. The van der Waals surface area contributed by atoms with E-state index in [0.29, 0.717) is 12.6 Å². The number of hydrogen-bond donors (Lipinski definition) is 1. The number of aliphatic hydroxyl groups is 1. The van der Waals surface area contributed by atoms with E-state index in [1.807, 2.05) is 0 Å². The summed E-state index contributed by atoms with van der Waals surface area (Å²) in [6, 6.07) is 0.387. The standard InChI is InChI=1S/C13H26N2O/c16-12-13(15-9-5-2-6-10-15)11-14-7-3-1-4-8-14/h13,16H,1-12H2. The van der Waals surface area contributed by atoms with Gasteiger partial charge in [0.1, 0.15) is 0 Å². The van der Waals surface area contributed by atoms with Gasteiger partial charge in [-0.2, -0.15) is 0 Å². The lowest BCUT2D eigenvalue weighted by molar-refractivity contribution is 0.0674. The Kier molecular flexibility index (Phi) is 5.07. The molecule has 0 saturated carbocycles. The van der Waals surface area contributed by atoms with Crippen molar-refractivity contribution in [3.05, 3.63) is 0 Å². The second-order valence-corrected chi connectivity index (χ2v) is 5.29. The highest BCUT2D eigenvalue weighted by atomic mass is 16.3. The molecular weight excluding hydrogens is 200 g/mol. The Morgan fingerprint density at radius 1 is 0.812 bits per heavy atom. The van der Waals surface area contributed by atoms with Crippen LogP contribution in [0, 0.1) is 0 Å². The molecule has 0 aromatic carbocycles. The van der Waals surface area contributed by atoms with Crippen molar-refractivity contribution in [1.82, 2.24) is 9.80 Å². The lowest BCUT2D eigenvalue weighted by Gasteiger charge is -2.37. The third-order valence-electron chi connectivity index (χ3n) is 4.04. The number of likely N-dealkylation sites (tertiary alicyclic amines) is 2. The van der Waals surface area contributed by atoms with Crippen LogP contribution in [0.15, 0.2) is 0 Å². The molecule has 1 N–H and O–H groups in total. The number of nitrogens with zero attached hydrogens (tertiary/aromatic N) is 2. The van der Waals surface area contributed by atoms with E-state index >= 15 is 0 Å². The normalized spacial score (nSPS) is 26.8. The molecule has 16 heavy (non-hydrogen) atoms. The molecular formula is C13H26N2O. The summed E-state index contributed by atoms with van der Waals surface area (Å²) in [6.45, 7) is 6.28. The molecule has 0 aliphatic carbocycles. The number of piperidine rings is 2. The highest BCUT2D eigenvalue weighted by Crippen LogP contribution is 2.15. The fourth-order valence-corrected chi connectivity index (χ4v) is 3.01. The van der Waals surface area contributed by atoms with Crippen LogP contribution in [-0.2, 0) is 0 Å². The van der Waals surface area contributed by atoms with Gasteiger partial charge >= 0.3 is 0 Å². The van der Waals surface area contributed by atoms with Gasteiger partial charge in [-0.1, -0.05) is 12.8 Å². The van der Waals surface area contributed by atoms with Crippen molar-refractivity contribution in [2.24, 2.45) is 0 Å². The van der Waals surface area contributed by atoms with Gasteiger partial charge in [0.25, 0.3) is 0 Å². The van der Waals surface area contributed by atoms with Crippen LogP contribution in [0.5, 0.6) is 0 Å². The zero-order valence-electron chi connectivity index (χ0n) is 10.4. The van der Waals surface area contributed by atoms with Crippen molar-refractivity contribution >= 4 is 0 Å². The lowest BCUT2D eigenvalue weighted by atomic mass is 10.1. The molecule has 2 fully saturated rings. The zero-order valence-corrected chi connectivity index (χ0v) is 10.4. The van der Waals surface area contributed by atoms with Gasteiger partial charge in [0.15, 0.2) is 0 Å². The molecule has 3 nitrogen and oxygen atoms in total. The Morgan fingerprint density at radius 2 is 1.38 bits per heavy atom. The quantitative estimate of drug-likeness (QED) is 0.783. The van der Waals surface area contributed by atoms with E-state index in [1.54, 1.807) is 0 Å². The number of aliphatic hydroxyl groups excluding tert-OH is 1. The first-order valence-corrected chi connectivity index (χ1v) is 6.97. The van der Waals surface area contributed by atoms with Crippen molar-refractivity contribution in [2.75, 3.05) is 39.3 Å². The van der Waals surface area contributed by atoms with Gasteiger partial charge in [-0.05, 0) is 51.9 Å². The smallest absolute Gasteiger partial charge is 0.0599 e. The van der Waals surface area contributed by atoms with Gasteiger partial charge in [-0.15, -0.1) is 0 Å². The van der Waals surface area contributed by atoms with Crippen molar-refractivity contribution in [1.29, 1.82) is 0 Å². The highest BCUT2D eigenvalue weighted by Gasteiger charge is 2.22. The molecule has 2 rings (SSSR count). The molecule has 0 aromatic heterocycles. The highest BCUT2D eigenvalue weighted by molar-refractivity contribution is 4.79. The van der Waals surface area contributed by atoms with Gasteiger partial charge < -0.3 is 10.0 Å². The van der Waals surface area contributed by atoms with Crippen LogP contribution in [0.3, 0.4) is 0 Å². The van der Waals surface area contributed by atoms with Crippen molar-refractivity contribution in [3.8, 4) is 0 Å². The van der Waals surface area contributed by atoms with E-state index in [1.165, 1.54) is 64.7 Å². The summed E-state index contributed by atoms with van der Waals surface area (Å²) in [6.07, 6.45) is 8.09. The fraction of sp³-hybridized carbons (Fsp3) is 1.00. The second-order valence-electron chi connectivity index (χ2n) is 5.29. The Morgan fingerprint density at radius 3 is 1.94 bits per heavy atom. The van der Waals surface area contributed by atoms with Crippen LogP contribution in [0.1, 0.15) is 38.5 Å². The molecule has 0 bridgehead atoms. The SMILES string of the molecule is OCC(CN1CCCCC1)N1CCCCC1. The summed E-state index contributed by atoms with van der Waals surface area (Å²) in [5.41, 5.74) is 0. The Bertz CT molecular complexity index is 186. The average Bonchev–Trinajstić information content (AvgIpc) is 2.38. The minimum atomic E-state index is 0.330. The molecule has 2 aliphatic heterocycles. The first kappa shape index (κ1) is 12.3. The molecule has 2 saturated heterocycles. The maximum atomic E-state index is 9.54. The molecule has 3 heteroatoms. The van der Waals surface area contributed by atoms with Crippen LogP contribution >= 0.6 is 0 Å². The van der Waals surface area contributed by atoms with Crippen molar-refractivity contribution < 1.29 is 5.11 Å². The van der Waals surface area contributed by atoms with Crippen LogP contribution in [0.2, 0.25) is 0 Å². The van der Waals surface area contributed by atoms with Crippen molar-refractivity contribution in [2.45, 2.75) is 44.6 Å². The minimum absolute atomic E-state index is 0.330. The van der Waals surface area contributed by atoms with Crippen LogP contribution in [-0.4, -0.2) is 60.3 Å². The van der Waals surface area contributed by atoms with E-state index in [0.717, 1.165) is 6.54 Å². The van der Waals surface area contributed by atoms with Gasteiger partial charge in [0.05, 0.1) is 6.61 Å². The van der Waals surface area contributed by atoms with Gasteiger partial charge in [0.2, 0.25) is 0 Å². The summed E-state index contributed by atoms with van der Waals surface area (Å²) >= 11 is 0. The monoisotopic (exact) mass is 226 g/mol. The fourth-order valence-electron chi connectivity index (χ4n) is 3.01. The van der Waals surface area contributed by atoms with Gasteiger partial charge in [0, 0.05) is 12.6 Å². The molecule has 1 unspecified atom stereocenters. The third kappa shape index (κ3) is 3.44. The van der Waals surface area contributed by atoms with E-state index in [4.69, 9.17) is 0 Å². The summed E-state index contributed by atoms with van der Waals surface area (Å²) in [4.78, 5) is 5.04. The van der Waals surface area contributed by atoms with Crippen LogP contribution in [0.4, 0.5) is 0 Å². The van der Waals surface area contributed by atoms with Crippen LogP contribution < -0.4 is 0 Å². The van der Waals surface area contributed by atoms with Crippen molar-refractivity contribution in [3.63, 3.8) is 0 Å². The maximum Gasteiger partial charge on any atom is 0.0599 e. The average molecular weight is 226 g/mol. The van der Waals surface area contributed by atoms with E-state index in [-0.39, 0.29) is 0 Å². The predicted octanol–water partition coefficient (Wildman–Crippen LogP) is 1.32. The predicted molar refractivity (Wildman–Crippen MR) is 66.6 cm³/mol. The summed E-state index contributed by atoms with van der Waals surface area (Å²) in [5, 5.41) is 9.54. The molecule has 0 spiro atoms. The summed E-state index contributed by atoms with van der Waals surface area (Å²) < 4.78 is 0. The summed E-state index contributed by atoms with van der Waals surface area (Å²) in [5.74, 6) is 0. The second kappa shape index (κ2) is 6.58. The first-order valence-electron chi connectivity index (χ1n) is 6.97. The van der Waals surface area contributed by atoms with E-state index in [9.17, 15) is 5.11 Å². The Balaban J connectivity index is 1.78. The van der Waals surface area contributed by atoms with Gasteiger partial charge in [-0.3, -0.25) is 4.90 Å². The van der Waals surface area contributed by atoms with E-state index in [2.05, 4.69) is 9.80 Å². The number of hydrogen-bond acceptors (Lipinski definition) is 3.